The smallest absolute Gasteiger partial charge is 0.488 e. The normalized spacial score (nSPS) is 10.4. The number of hydrogen-bond donors (Lipinski definition) is 3. The molecule has 0 aliphatic carbocycles. The van der Waals surface area contributed by atoms with E-state index in [0.29, 0.717) is 10.8 Å². The van der Waals surface area contributed by atoms with Crippen molar-refractivity contribution in [3.05, 3.63) is 36.4 Å². The van der Waals surface area contributed by atoms with Gasteiger partial charge in [-0.15, -0.1) is 0 Å². The molecular weight excluding hydrogens is 179 g/mol. The molecule has 2 rings (SSSR count). The number of phenolic OH excluding ortho intramolecular Hbond substituents is 1. The fourth-order valence-corrected chi connectivity index (χ4v) is 1.43. The predicted molar refractivity (Wildman–Crippen MR) is 55.4 cm³/mol. The summed E-state index contributed by atoms with van der Waals surface area (Å²) in [5, 5.41) is 28.9. The molecule has 0 heterocycles. The van der Waals surface area contributed by atoms with Crippen molar-refractivity contribution in [3.8, 4) is 5.75 Å². The van der Waals surface area contributed by atoms with Crippen molar-refractivity contribution < 1.29 is 15.2 Å². The SMILES string of the molecule is OB(O)c1ccc2cccc(O)c2c1. The molecule has 70 valence electrons. The van der Waals surface area contributed by atoms with Crippen LogP contribution in [0.1, 0.15) is 0 Å². The predicted octanol–water partition coefficient (Wildman–Crippen LogP) is 0.225. The average Bonchev–Trinajstić information content (AvgIpc) is 2.18. The van der Waals surface area contributed by atoms with Crippen molar-refractivity contribution in [3.63, 3.8) is 0 Å². The molecule has 0 radical (unpaired) electrons. The van der Waals surface area contributed by atoms with E-state index in [1.807, 2.05) is 6.07 Å². The third-order valence-corrected chi connectivity index (χ3v) is 2.18. The summed E-state index contributed by atoms with van der Waals surface area (Å²) in [5.74, 6) is 0.144. The Morgan fingerprint density at radius 1 is 1.00 bits per heavy atom. The highest BCUT2D eigenvalue weighted by atomic mass is 16.4. The van der Waals surface area contributed by atoms with Gasteiger partial charge in [0.25, 0.3) is 0 Å². The molecule has 0 aromatic heterocycles. The van der Waals surface area contributed by atoms with Crippen molar-refractivity contribution in [2.75, 3.05) is 0 Å². The van der Waals surface area contributed by atoms with E-state index in [-0.39, 0.29) is 5.75 Å². The van der Waals surface area contributed by atoms with Crippen molar-refractivity contribution in [2.24, 2.45) is 0 Å². The maximum Gasteiger partial charge on any atom is 0.488 e. The maximum atomic E-state index is 9.51. The Balaban J connectivity index is 2.70. The first kappa shape index (κ1) is 9.06. The monoisotopic (exact) mass is 188 g/mol. The number of fused-ring (bicyclic) bond motifs is 1. The summed E-state index contributed by atoms with van der Waals surface area (Å²) in [6.45, 7) is 0. The quantitative estimate of drug-likeness (QED) is 0.561. The van der Waals surface area contributed by atoms with Gasteiger partial charge in [-0.1, -0.05) is 30.3 Å². The average molecular weight is 188 g/mol. The first-order valence-corrected chi connectivity index (χ1v) is 4.26. The molecule has 0 atom stereocenters. The highest BCUT2D eigenvalue weighted by molar-refractivity contribution is 6.58. The van der Waals surface area contributed by atoms with Gasteiger partial charge in [0, 0.05) is 5.39 Å². The van der Waals surface area contributed by atoms with Gasteiger partial charge < -0.3 is 15.2 Å². The van der Waals surface area contributed by atoms with E-state index in [0.717, 1.165) is 5.39 Å². The van der Waals surface area contributed by atoms with Crippen molar-refractivity contribution in [2.45, 2.75) is 0 Å². The van der Waals surface area contributed by atoms with Crippen molar-refractivity contribution in [1.29, 1.82) is 0 Å². The Hall–Kier alpha value is -1.52. The molecule has 3 N–H and O–H groups in total. The van der Waals surface area contributed by atoms with Crippen molar-refractivity contribution >= 4 is 23.4 Å². The molecule has 0 saturated carbocycles. The summed E-state index contributed by atoms with van der Waals surface area (Å²) in [7, 11) is -1.50. The van der Waals surface area contributed by atoms with Crippen LogP contribution in [0, 0.1) is 0 Å². The van der Waals surface area contributed by atoms with E-state index in [1.54, 1.807) is 30.3 Å². The largest absolute Gasteiger partial charge is 0.507 e. The Kier molecular flexibility index (Phi) is 2.15. The number of benzene rings is 2. The highest BCUT2D eigenvalue weighted by Crippen LogP contribution is 2.22. The first-order valence-electron chi connectivity index (χ1n) is 4.26. The summed E-state index contributed by atoms with van der Waals surface area (Å²) in [6.07, 6.45) is 0. The molecule has 0 aliphatic heterocycles. The minimum atomic E-state index is -1.50. The molecule has 3 nitrogen and oxygen atoms in total. The molecule has 2 aromatic carbocycles. The van der Waals surface area contributed by atoms with Crippen LogP contribution in [-0.2, 0) is 0 Å². The molecule has 4 heteroatoms. The second kappa shape index (κ2) is 3.33. The van der Waals surface area contributed by atoms with Gasteiger partial charge >= 0.3 is 7.12 Å². The lowest BCUT2D eigenvalue weighted by molar-refractivity contribution is 0.426. The summed E-state index contributed by atoms with van der Waals surface area (Å²) < 4.78 is 0. The Bertz CT molecular complexity index is 468. The first-order chi connectivity index (χ1) is 6.68. The van der Waals surface area contributed by atoms with E-state index in [4.69, 9.17) is 10.0 Å². The van der Waals surface area contributed by atoms with Gasteiger partial charge in [-0.05, 0) is 16.9 Å². The zero-order chi connectivity index (χ0) is 10.1. The van der Waals surface area contributed by atoms with E-state index < -0.39 is 7.12 Å². The third-order valence-electron chi connectivity index (χ3n) is 2.18. The summed E-state index contributed by atoms with van der Waals surface area (Å²) in [4.78, 5) is 0. The second-order valence-electron chi connectivity index (χ2n) is 3.13. The van der Waals surface area contributed by atoms with Crippen LogP contribution < -0.4 is 5.46 Å². The maximum absolute atomic E-state index is 9.51. The van der Waals surface area contributed by atoms with Gasteiger partial charge in [-0.3, -0.25) is 0 Å². The number of rotatable bonds is 1. The molecule has 0 amide bonds. The fourth-order valence-electron chi connectivity index (χ4n) is 1.43. The zero-order valence-corrected chi connectivity index (χ0v) is 7.38. The number of aromatic hydroxyl groups is 1. The fraction of sp³-hybridized carbons (Fsp3) is 0. The summed E-state index contributed by atoms with van der Waals surface area (Å²) in [5.41, 5.74) is 0.374. The Labute approximate surface area is 81.4 Å². The molecule has 0 bridgehead atoms. The minimum Gasteiger partial charge on any atom is -0.507 e. The van der Waals surface area contributed by atoms with Gasteiger partial charge in [-0.2, -0.15) is 0 Å². The highest BCUT2D eigenvalue weighted by Gasteiger charge is 2.11. The Morgan fingerprint density at radius 2 is 1.79 bits per heavy atom. The lowest BCUT2D eigenvalue weighted by Gasteiger charge is -2.03. The van der Waals surface area contributed by atoms with Gasteiger partial charge in [-0.25, -0.2) is 0 Å². The van der Waals surface area contributed by atoms with Crippen molar-refractivity contribution in [1.82, 2.24) is 0 Å². The molecule has 0 aliphatic rings. The van der Waals surface area contributed by atoms with Crippen LogP contribution in [0.15, 0.2) is 36.4 Å². The van der Waals surface area contributed by atoms with Crippen LogP contribution in [0.2, 0.25) is 0 Å². The molecule has 2 aromatic rings. The van der Waals surface area contributed by atoms with Crippen LogP contribution >= 0.6 is 0 Å². The Morgan fingerprint density at radius 3 is 2.50 bits per heavy atom. The summed E-state index contributed by atoms with van der Waals surface area (Å²) in [6, 6.07) is 10.1. The third kappa shape index (κ3) is 1.45. The van der Waals surface area contributed by atoms with Crippen LogP contribution in [0.5, 0.6) is 5.75 Å². The lowest BCUT2D eigenvalue weighted by atomic mass is 9.79. The minimum absolute atomic E-state index is 0.144. The second-order valence-corrected chi connectivity index (χ2v) is 3.13. The molecule has 0 unspecified atom stereocenters. The van der Waals surface area contributed by atoms with E-state index >= 15 is 0 Å². The molecule has 14 heavy (non-hydrogen) atoms. The standard InChI is InChI=1S/C10H9BO3/c12-10-3-1-2-7-4-5-8(11(13)14)6-9(7)10/h1-6,12-14H. The van der Waals surface area contributed by atoms with Crippen LogP contribution in [0.3, 0.4) is 0 Å². The molecule has 0 spiro atoms. The van der Waals surface area contributed by atoms with E-state index in [2.05, 4.69) is 0 Å². The van der Waals surface area contributed by atoms with Gasteiger partial charge in [0.15, 0.2) is 0 Å². The van der Waals surface area contributed by atoms with Crippen LogP contribution in [0.4, 0.5) is 0 Å². The summed E-state index contributed by atoms with van der Waals surface area (Å²) >= 11 is 0. The van der Waals surface area contributed by atoms with E-state index in [1.165, 1.54) is 0 Å². The number of hydrogen-bond acceptors (Lipinski definition) is 3. The lowest BCUT2D eigenvalue weighted by Crippen LogP contribution is -2.29. The molecular formula is C10H9BO3. The molecule has 0 fully saturated rings. The topological polar surface area (TPSA) is 60.7 Å². The molecule has 0 saturated heterocycles. The number of phenols is 1. The van der Waals surface area contributed by atoms with Gasteiger partial charge in [0.2, 0.25) is 0 Å². The van der Waals surface area contributed by atoms with Gasteiger partial charge in [0.05, 0.1) is 0 Å². The zero-order valence-electron chi connectivity index (χ0n) is 7.38. The van der Waals surface area contributed by atoms with Crippen LogP contribution in [-0.4, -0.2) is 22.3 Å². The van der Waals surface area contributed by atoms with E-state index in [9.17, 15) is 5.11 Å². The van der Waals surface area contributed by atoms with Gasteiger partial charge in [0.1, 0.15) is 5.75 Å². The van der Waals surface area contributed by atoms with Crippen LogP contribution in [0.25, 0.3) is 10.8 Å².